The lowest BCUT2D eigenvalue weighted by atomic mass is 9.88. The predicted octanol–water partition coefficient (Wildman–Crippen LogP) is 3.22. The van der Waals surface area contributed by atoms with E-state index in [0.717, 1.165) is 18.3 Å². The SMILES string of the molecule is CCC(CC)CC(O)C(C)C1CC1. The van der Waals surface area contributed by atoms with Gasteiger partial charge in [0.25, 0.3) is 0 Å². The van der Waals surface area contributed by atoms with Crippen molar-refractivity contribution in [2.75, 3.05) is 0 Å². The van der Waals surface area contributed by atoms with Gasteiger partial charge in [0.15, 0.2) is 0 Å². The highest BCUT2D eigenvalue weighted by Gasteiger charge is 2.32. The van der Waals surface area contributed by atoms with Crippen LogP contribution >= 0.6 is 0 Å². The second kappa shape index (κ2) is 4.99. The number of rotatable bonds is 6. The summed E-state index contributed by atoms with van der Waals surface area (Å²) in [5.74, 6) is 2.11. The molecule has 1 rings (SSSR count). The van der Waals surface area contributed by atoms with E-state index in [0.29, 0.717) is 5.92 Å². The van der Waals surface area contributed by atoms with Gasteiger partial charge in [0.2, 0.25) is 0 Å². The Hall–Kier alpha value is -0.0400. The van der Waals surface area contributed by atoms with E-state index < -0.39 is 0 Å². The molecule has 0 saturated heterocycles. The van der Waals surface area contributed by atoms with Crippen molar-refractivity contribution >= 4 is 0 Å². The van der Waals surface area contributed by atoms with Gasteiger partial charge >= 0.3 is 0 Å². The van der Waals surface area contributed by atoms with E-state index in [9.17, 15) is 5.11 Å². The van der Waals surface area contributed by atoms with Crippen molar-refractivity contribution in [3.8, 4) is 0 Å². The van der Waals surface area contributed by atoms with E-state index in [1.165, 1.54) is 25.7 Å². The highest BCUT2D eigenvalue weighted by atomic mass is 16.3. The molecule has 0 aromatic rings. The molecule has 1 aliphatic rings. The summed E-state index contributed by atoms with van der Waals surface area (Å²) in [5, 5.41) is 9.96. The van der Waals surface area contributed by atoms with E-state index in [1.54, 1.807) is 0 Å². The number of aliphatic hydroxyl groups excluding tert-OH is 1. The van der Waals surface area contributed by atoms with Gasteiger partial charge < -0.3 is 5.11 Å². The molecule has 0 radical (unpaired) electrons. The Morgan fingerprint density at radius 2 is 1.77 bits per heavy atom. The normalized spacial score (nSPS) is 21.9. The molecule has 1 aliphatic carbocycles. The zero-order valence-electron chi connectivity index (χ0n) is 9.29. The van der Waals surface area contributed by atoms with Gasteiger partial charge in [-0.25, -0.2) is 0 Å². The summed E-state index contributed by atoms with van der Waals surface area (Å²) in [6.45, 7) is 6.66. The fourth-order valence-electron chi connectivity index (χ4n) is 2.11. The lowest BCUT2D eigenvalue weighted by molar-refractivity contribution is 0.0778. The molecule has 2 unspecified atom stereocenters. The molecule has 0 amide bonds. The van der Waals surface area contributed by atoms with Crippen LogP contribution in [0.5, 0.6) is 0 Å². The fourth-order valence-corrected chi connectivity index (χ4v) is 2.11. The Bertz CT molecular complexity index is 136. The number of aliphatic hydroxyl groups is 1. The maximum atomic E-state index is 9.96. The molecule has 13 heavy (non-hydrogen) atoms. The average molecular weight is 184 g/mol. The number of hydrogen-bond donors (Lipinski definition) is 1. The van der Waals surface area contributed by atoms with E-state index in [4.69, 9.17) is 0 Å². The van der Waals surface area contributed by atoms with Crippen molar-refractivity contribution in [1.29, 1.82) is 0 Å². The molecule has 78 valence electrons. The summed E-state index contributed by atoms with van der Waals surface area (Å²) in [6.07, 6.45) is 6.10. The van der Waals surface area contributed by atoms with Crippen LogP contribution in [0.15, 0.2) is 0 Å². The molecular formula is C12H24O. The summed E-state index contributed by atoms with van der Waals surface area (Å²) in [6, 6.07) is 0. The monoisotopic (exact) mass is 184 g/mol. The summed E-state index contributed by atoms with van der Waals surface area (Å²) in [7, 11) is 0. The minimum atomic E-state index is -0.0441. The van der Waals surface area contributed by atoms with E-state index in [1.807, 2.05) is 0 Å². The van der Waals surface area contributed by atoms with Crippen LogP contribution in [0.4, 0.5) is 0 Å². The van der Waals surface area contributed by atoms with Crippen LogP contribution in [-0.4, -0.2) is 11.2 Å². The first-order valence-electron chi connectivity index (χ1n) is 5.87. The standard InChI is InChI=1S/C12H24O/c1-4-10(5-2)8-12(13)9(3)11-6-7-11/h9-13H,4-8H2,1-3H3. The van der Waals surface area contributed by atoms with Crippen molar-refractivity contribution in [2.24, 2.45) is 17.8 Å². The van der Waals surface area contributed by atoms with Crippen molar-refractivity contribution in [2.45, 2.75) is 59.0 Å². The minimum absolute atomic E-state index is 0.0441. The number of hydrogen-bond acceptors (Lipinski definition) is 1. The quantitative estimate of drug-likeness (QED) is 0.672. The lowest BCUT2D eigenvalue weighted by Gasteiger charge is -2.22. The zero-order chi connectivity index (χ0) is 9.84. The van der Waals surface area contributed by atoms with Gasteiger partial charge in [0, 0.05) is 0 Å². The Kier molecular flexibility index (Phi) is 4.24. The summed E-state index contributed by atoms with van der Waals surface area (Å²) in [4.78, 5) is 0. The van der Waals surface area contributed by atoms with E-state index in [2.05, 4.69) is 20.8 Å². The van der Waals surface area contributed by atoms with Gasteiger partial charge in [0.1, 0.15) is 0 Å². The van der Waals surface area contributed by atoms with Crippen molar-refractivity contribution in [3.05, 3.63) is 0 Å². The first-order chi connectivity index (χ1) is 6.19. The van der Waals surface area contributed by atoms with Crippen LogP contribution in [-0.2, 0) is 0 Å². The van der Waals surface area contributed by atoms with Gasteiger partial charge in [-0.05, 0) is 37.0 Å². The average Bonchev–Trinajstić information content (AvgIpc) is 2.95. The molecule has 0 aliphatic heterocycles. The second-order valence-corrected chi connectivity index (χ2v) is 4.68. The van der Waals surface area contributed by atoms with Gasteiger partial charge in [-0.3, -0.25) is 0 Å². The largest absolute Gasteiger partial charge is 0.393 e. The van der Waals surface area contributed by atoms with Crippen molar-refractivity contribution < 1.29 is 5.11 Å². The van der Waals surface area contributed by atoms with Gasteiger partial charge in [-0.15, -0.1) is 0 Å². The topological polar surface area (TPSA) is 20.2 Å². The lowest BCUT2D eigenvalue weighted by Crippen LogP contribution is -2.22. The summed E-state index contributed by atoms with van der Waals surface area (Å²) < 4.78 is 0. The maximum Gasteiger partial charge on any atom is 0.0571 e. The van der Waals surface area contributed by atoms with Gasteiger partial charge in [-0.1, -0.05) is 33.6 Å². The third kappa shape index (κ3) is 3.30. The maximum absolute atomic E-state index is 9.96. The van der Waals surface area contributed by atoms with Crippen molar-refractivity contribution in [1.82, 2.24) is 0 Å². The van der Waals surface area contributed by atoms with E-state index >= 15 is 0 Å². The van der Waals surface area contributed by atoms with E-state index in [-0.39, 0.29) is 6.10 Å². The molecule has 0 heterocycles. The molecule has 1 saturated carbocycles. The Morgan fingerprint density at radius 1 is 1.23 bits per heavy atom. The molecule has 1 nitrogen and oxygen atoms in total. The van der Waals surface area contributed by atoms with Crippen LogP contribution in [0.3, 0.4) is 0 Å². The van der Waals surface area contributed by atoms with Crippen LogP contribution in [0.1, 0.15) is 52.9 Å². The van der Waals surface area contributed by atoms with Crippen LogP contribution in [0, 0.1) is 17.8 Å². The smallest absolute Gasteiger partial charge is 0.0571 e. The first-order valence-corrected chi connectivity index (χ1v) is 5.87. The third-order valence-electron chi connectivity index (χ3n) is 3.70. The van der Waals surface area contributed by atoms with Crippen LogP contribution < -0.4 is 0 Å². The molecule has 1 fully saturated rings. The molecule has 0 spiro atoms. The first kappa shape index (κ1) is 11.0. The molecule has 1 N–H and O–H groups in total. The Morgan fingerprint density at radius 3 is 2.15 bits per heavy atom. The van der Waals surface area contributed by atoms with Crippen LogP contribution in [0.2, 0.25) is 0 Å². The van der Waals surface area contributed by atoms with Crippen LogP contribution in [0.25, 0.3) is 0 Å². The summed E-state index contributed by atoms with van der Waals surface area (Å²) in [5.41, 5.74) is 0. The van der Waals surface area contributed by atoms with Gasteiger partial charge in [0.05, 0.1) is 6.10 Å². The molecule has 2 atom stereocenters. The summed E-state index contributed by atoms with van der Waals surface area (Å²) >= 11 is 0. The minimum Gasteiger partial charge on any atom is -0.393 e. The molecule has 0 bridgehead atoms. The molecule has 1 heteroatoms. The highest BCUT2D eigenvalue weighted by Crippen LogP contribution is 2.39. The Balaban J connectivity index is 2.25. The predicted molar refractivity (Wildman–Crippen MR) is 56.6 cm³/mol. The molecule has 0 aromatic carbocycles. The van der Waals surface area contributed by atoms with Gasteiger partial charge in [-0.2, -0.15) is 0 Å². The highest BCUT2D eigenvalue weighted by molar-refractivity contribution is 4.83. The zero-order valence-corrected chi connectivity index (χ0v) is 9.29. The second-order valence-electron chi connectivity index (χ2n) is 4.68. The fraction of sp³-hybridized carbons (Fsp3) is 1.00. The Labute approximate surface area is 82.5 Å². The van der Waals surface area contributed by atoms with Crippen molar-refractivity contribution in [3.63, 3.8) is 0 Å². The molecule has 0 aromatic heterocycles. The molecular weight excluding hydrogens is 160 g/mol. The third-order valence-corrected chi connectivity index (χ3v) is 3.70.